The van der Waals surface area contributed by atoms with Crippen molar-refractivity contribution in [1.29, 1.82) is 5.26 Å². The number of nitrogen functional groups attached to an aromatic ring is 1. The van der Waals surface area contributed by atoms with Gasteiger partial charge in [0.25, 0.3) is 0 Å². The van der Waals surface area contributed by atoms with E-state index in [0.29, 0.717) is 12.0 Å². The summed E-state index contributed by atoms with van der Waals surface area (Å²) in [5, 5.41) is 10.3. The average molecular weight is 340 g/mol. The molecule has 4 N–H and O–H groups in total. The fraction of sp³-hybridized carbons (Fsp3) is 0.412. The Morgan fingerprint density at radius 2 is 2.12 bits per heavy atom. The minimum Gasteiger partial charge on any atom is -0.383 e. The van der Waals surface area contributed by atoms with Gasteiger partial charge in [-0.3, -0.25) is 0 Å². The van der Waals surface area contributed by atoms with Crippen LogP contribution in [0.25, 0.3) is 11.1 Å². The van der Waals surface area contributed by atoms with Crippen molar-refractivity contribution in [3.8, 4) is 17.2 Å². The van der Waals surface area contributed by atoms with Crippen LogP contribution >= 0.6 is 11.8 Å². The molecule has 2 heterocycles. The molecule has 0 spiro atoms. The Hall–Kier alpha value is -2.17. The molecule has 0 saturated carbocycles. The van der Waals surface area contributed by atoms with Crippen LogP contribution in [0.15, 0.2) is 17.6 Å². The van der Waals surface area contributed by atoms with Gasteiger partial charge in [0.2, 0.25) is 0 Å². The van der Waals surface area contributed by atoms with Crippen molar-refractivity contribution in [1.82, 2.24) is 15.0 Å². The van der Waals surface area contributed by atoms with Gasteiger partial charge >= 0.3 is 0 Å². The molecule has 0 aromatic carbocycles. The van der Waals surface area contributed by atoms with Gasteiger partial charge in [0.1, 0.15) is 17.5 Å². The monoisotopic (exact) mass is 340 g/mol. The summed E-state index contributed by atoms with van der Waals surface area (Å²) in [6.45, 7) is 2.12. The molecule has 0 fully saturated rings. The Balaban J connectivity index is 2.09. The molecular weight excluding hydrogens is 320 g/mol. The van der Waals surface area contributed by atoms with Gasteiger partial charge < -0.3 is 11.5 Å². The van der Waals surface area contributed by atoms with Gasteiger partial charge in [-0.1, -0.05) is 18.7 Å². The summed E-state index contributed by atoms with van der Waals surface area (Å²) in [6, 6.07) is 2.26. The molecule has 6 nitrogen and oxygen atoms in total. The third kappa shape index (κ3) is 3.21. The fourth-order valence-electron chi connectivity index (χ4n) is 2.95. The standard InChI is InChI=1S/C17H20N6S/c1-2-5-24-17-21-8-10(9-22-17)15-12-6-11(19)3-4-14(12)23-16(20)13(15)7-18/h8-9,11H,2-6,19H2,1H3,(H2,20,23)/t11-/m1/s1. The molecule has 0 amide bonds. The number of nitriles is 1. The van der Waals surface area contributed by atoms with Crippen LogP contribution in [0.2, 0.25) is 0 Å². The first-order valence-corrected chi connectivity index (χ1v) is 9.04. The minimum atomic E-state index is 0.0773. The van der Waals surface area contributed by atoms with E-state index >= 15 is 0 Å². The van der Waals surface area contributed by atoms with Crippen molar-refractivity contribution in [3.05, 3.63) is 29.2 Å². The zero-order chi connectivity index (χ0) is 17.1. The number of nitrogens with two attached hydrogens (primary N) is 2. The molecule has 3 rings (SSSR count). The van der Waals surface area contributed by atoms with Gasteiger partial charge in [0, 0.05) is 41.0 Å². The third-order valence-electron chi connectivity index (χ3n) is 4.09. The Bertz CT molecular complexity index is 781. The molecule has 24 heavy (non-hydrogen) atoms. The summed E-state index contributed by atoms with van der Waals surface area (Å²) in [6.07, 6.45) is 6.96. The van der Waals surface area contributed by atoms with E-state index in [9.17, 15) is 5.26 Å². The van der Waals surface area contributed by atoms with Crippen LogP contribution in [-0.4, -0.2) is 26.7 Å². The largest absolute Gasteiger partial charge is 0.383 e. The van der Waals surface area contributed by atoms with E-state index in [2.05, 4.69) is 27.9 Å². The Morgan fingerprint density at radius 1 is 1.38 bits per heavy atom. The fourth-order valence-corrected chi connectivity index (χ4v) is 3.59. The van der Waals surface area contributed by atoms with Crippen molar-refractivity contribution in [2.75, 3.05) is 11.5 Å². The number of hydrogen-bond donors (Lipinski definition) is 2. The number of pyridine rings is 1. The van der Waals surface area contributed by atoms with Crippen LogP contribution < -0.4 is 11.5 Å². The maximum atomic E-state index is 9.55. The third-order valence-corrected chi connectivity index (χ3v) is 5.18. The van der Waals surface area contributed by atoms with E-state index in [0.717, 1.165) is 52.6 Å². The predicted molar refractivity (Wildman–Crippen MR) is 95.4 cm³/mol. The lowest BCUT2D eigenvalue weighted by Gasteiger charge is -2.24. The number of aryl methyl sites for hydroxylation is 1. The molecule has 2 aromatic rings. The van der Waals surface area contributed by atoms with Gasteiger partial charge in [-0.2, -0.15) is 5.26 Å². The summed E-state index contributed by atoms with van der Waals surface area (Å²) in [5.41, 5.74) is 16.1. The summed E-state index contributed by atoms with van der Waals surface area (Å²) in [7, 11) is 0. The van der Waals surface area contributed by atoms with E-state index in [1.54, 1.807) is 24.2 Å². The molecule has 0 unspecified atom stereocenters. The SMILES string of the molecule is CCCSc1ncc(-c2c(C#N)c(N)nc3c2C[C@H](N)CC3)cn1. The first kappa shape index (κ1) is 16.7. The second kappa shape index (κ2) is 7.16. The average Bonchev–Trinajstić information content (AvgIpc) is 2.60. The maximum absolute atomic E-state index is 9.55. The Kier molecular flexibility index (Phi) is 4.97. The van der Waals surface area contributed by atoms with Gasteiger partial charge in [-0.05, 0) is 31.2 Å². The number of fused-ring (bicyclic) bond motifs is 1. The van der Waals surface area contributed by atoms with E-state index in [1.165, 1.54) is 0 Å². The van der Waals surface area contributed by atoms with E-state index in [-0.39, 0.29) is 11.9 Å². The first-order chi connectivity index (χ1) is 11.6. The van der Waals surface area contributed by atoms with Gasteiger partial charge in [0.05, 0.1) is 0 Å². The van der Waals surface area contributed by atoms with Crippen LogP contribution in [0.1, 0.15) is 36.6 Å². The highest BCUT2D eigenvalue weighted by Crippen LogP contribution is 2.35. The predicted octanol–water partition coefficient (Wildman–Crippen LogP) is 2.31. The zero-order valence-corrected chi connectivity index (χ0v) is 14.4. The van der Waals surface area contributed by atoms with Crippen molar-refractivity contribution >= 4 is 17.6 Å². The van der Waals surface area contributed by atoms with Gasteiger partial charge in [-0.15, -0.1) is 0 Å². The second-order valence-electron chi connectivity index (χ2n) is 5.89. The number of thioether (sulfide) groups is 1. The highest BCUT2D eigenvalue weighted by Gasteiger charge is 2.25. The Labute approximate surface area is 145 Å². The van der Waals surface area contributed by atoms with Crippen LogP contribution in [0.5, 0.6) is 0 Å². The molecule has 0 saturated heterocycles. The Morgan fingerprint density at radius 3 is 2.79 bits per heavy atom. The van der Waals surface area contributed by atoms with Crippen LogP contribution in [0.4, 0.5) is 5.82 Å². The summed E-state index contributed by atoms with van der Waals surface area (Å²) >= 11 is 1.62. The highest BCUT2D eigenvalue weighted by atomic mass is 32.2. The number of hydrogen-bond acceptors (Lipinski definition) is 7. The smallest absolute Gasteiger partial charge is 0.187 e. The van der Waals surface area contributed by atoms with Crippen LogP contribution in [0.3, 0.4) is 0 Å². The second-order valence-corrected chi connectivity index (χ2v) is 6.95. The quantitative estimate of drug-likeness (QED) is 0.648. The molecule has 124 valence electrons. The van der Waals surface area contributed by atoms with Crippen molar-refractivity contribution < 1.29 is 0 Å². The lowest BCUT2D eigenvalue weighted by Crippen LogP contribution is -2.29. The molecule has 1 aliphatic rings. The van der Waals surface area contributed by atoms with Crippen LogP contribution in [-0.2, 0) is 12.8 Å². The van der Waals surface area contributed by atoms with Crippen molar-refractivity contribution in [2.45, 2.75) is 43.8 Å². The topological polar surface area (TPSA) is 114 Å². The molecule has 0 radical (unpaired) electrons. The highest BCUT2D eigenvalue weighted by molar-refractivity contribution is 7.99. The summed E-state index contributed by atoms with van der Waals surface area (Å²) < 4.78 is 0. The van der Waals surface area contributed by atoms with E-state index in [4.69, 9.17) is 11.5 Å². The molecule has 1 atom stereocenters. The first-order valence-electron chi connectivity index (χ1n) is 8.06. The summed E-state index contributed by atoms with van der Waals surface area (Å²) in [5.74, 6) is 1.25. The minimum absolute atomic E-state index is 0.0773. The van der Waals surface area contributed by atoms with E-state index in [1.807, 2.05) is 0 Å². The molecule has 0 aliphatic heterocycles. The lowest BCUT2D eigenvalue weighted by atomic mass is 9.85. The molecule has 1 aliphatic carbocycles. The normalized spacial score (nSPS) is 16.5. The van der Waals surface area contributed by atoms with E-state index < -0.39 is 0 Å². The van der Waals surface area contributed by atoms with Gasteiger partial charge in [0.15, 0.2) is 5.16 Å². The lowest BCUT2D eigenvalue weighted by molar-refractivity contribution is 0.568. The molecule has 2 aromatic heterocycles. The number of nitrogens with zero attached hydrogens (tertiary/aromatic N) is 4. The van der Waals surface area contributed by atoms with Gasteiger partial charge in [-0.25, -0.2) is 15.0 Å². The number of aromatic nitrogens is 3. The number of rotatable bonds is 4. The van der Waals surface area contributed by atoms with Crippen molar-refractivity contribution in [2.24, 2.45) is 5.73 Å². The number of anilines is 1. The summed E-state index contributed by atoms with van der Waals surface area (Å²) in [4.78, 5) is 13.2. The molecule has 7 heteroatoms. The van der Waals surface area contributed by atoms with Crippen molar-refractivity contribution in [3.63, 3.8) is 0 Å². The maximum Gasteiger partial charge on any atom is 0.187 e. The zero-order valence-electron chi connectivity index (χ0n) is 13.6. The molecule has 0 bridgehead atoms. The van der Waals surface area contributed by atoms with Crippen LogP contribution in [0, 0.1) is 11.3 Å². The molecular formula is C17H20N6S.